The number of nitrogens with zero attached hydrogens (tertiary/aromatic N) is 1. The third kappa shape index (κ3) is 5.89. The summed E-state index contributed by atoms with van der Waals surface area (Å²) in [6, 6.07) is 3.90. The van der Waals surface area contributed by atoms with Crippen molar-refractivity contribution >= 4 is 17.6 Å². The van der Waals surface area contributed by atoms with Crippen LogP contribution >= 0.6 is 11.6 Å². The Bertz CT molecular complexity index is 451. The van der Waals surface area contributed by atoms with Gasteiger partial charge in [-0.25, -0.2) is 4.39 Å². The number of hydrogen-bond donors (Lipinski definition) is 3. The molecule has 4 N–H and O–H groups in total. The summed E-state index contributed by atoms with van der Waals surface area (Å²) in [6.45, 7) is 5.86. The smallest absolute Gasteiger partial charge is 0.189 e. The summed E-state index contributed by atoms with van der Waals surface area (Å²) in [5.74, 6) is -0.264. The number of aliphatic imine (C=N–C) groups is 1. The highest BCUT2D eigenvalue weighted by molar-refractivity contribution is 6.30. The molecule has 0 saturated heterocycles. The lowest BCUT2D eigenvalue weighted by Gasteiger charge is -2.21. The minimum absolute atomic E-state index is 0.0364. The van der Waals surface area contributed by atoms with E-state index in [2.05, 4.69) is 10.3 Å². The second-order valence-electron chi connectivity index (χ2n) is 5.32. The van der Waals surface area contributed by atoms with Gasteiger partial charge in [0.15, 0.2) is 5.96 Å². The molecule has 0 aliphatic heterocycles. The summed E-state index contributed by atoms with van der Waals surface area (Å²) in [7, 11) is 0. The summed E-state index contributed by atoms with van der Waals surface area (Å²) >= 11 is 5.72. The predicted molar refractivity (Wildman–Crippen MR) is 75.7 cm³/mol. The highest BCUT2D eigenvalue weighted by Crippen LogP contribution is 2.20. The molecule has 0 fully saturated rings. The fraction of sp³-hybridized carbons (Fsp3) is 0.462. The van der Waals surface area contributed by atoms with Crippen LogP contribution in [-0.4, -0.2) is 23.1 Å². The van der Waals surface area contributed by atoms with Crippen LogP contribution in [0.5, 0.6) is 0 Å². The van der Waals surface area contributed by atoms with E-state index in [1.807, 2.05) is 20.8 Å². The van der Waals surface area contributed by atoms with Crippen molar-refractivity contribution in [2.75, 3.05) is 6.54 Å². The highest BCUT2D eigenvalue weighted by atomic mass is 35.5. The summed E-state index contributed by atoms with van der Waals surface area (Å²) in [5.41, 5.74) is 5.84. The van der Waals surface area contributed by atoms with Crippen LogP contribution < -0.4 is 11.1 Å². The van der Waals surface area contributed by atoms with Crippen molar-refractivity contribution in [1.82, 2.24) is 5.32 Å². The summed E-state index contributed by atoms with van der Waals surface area (Å²) in [4.78, 5) is 4.01. The van der Waals surface area contributed by atoms with E-state index in [1.54, 1.807) is 0 Å². The van der Waals surface area contributed by atoms with E-state index in [-0.39, 0.29) is 23.1 Å². The molecule has 0 amide bonds. The lowest BCUT2D eigenvalue weighted by molar-refractivity contribution is 0.186. The molecule has 4 nitrogen and oxygen atoms in total. The van der Waals surface area contributed by atoms with Crippen LogP contribution in [-0.2, 0) is 0 Å². The molecule has 0 aliphatic carbocycles. The zero-order valence-corrected chi connectivity index (χ0v) is 12.0. The number of aliphatic hydroxyl groups excluding tert-OH is 1. The lowest BCUT2D eigenvalue weighted by atomic mass is 10.1. The molecule has 1 aromatic carbocycles. The molecule has 0 bridgehead atoms. The van der Waals surface area contributed by atoms with E-state index in [9.17, 15) is 9.50 Å². The summed E-state index contributed by atoms with van der Waals surface area (Å²) < 4.78 is 13.1. The van der Waals surface area contributed by atoms with Gasteiger partial charge in [0, 0.05) is 10.6 Å². The van der Waals surface area contributed by atoms with Gasteiger partial charge in [-0.1, -0.05) is 11.6 Å². The van der Waals surface area contributed by atoms with Crippen LogP contribution in [0, 0.1) is 5.82 Å². The number of aliphatic hydroxyl groups is 1. The molecular weight excluding hydrogens is 269 g/mol. The van der Waals surface area contributed by atoms with Gasteiger partial charge in [-0.3, -0.25) is 4.99 Å². The molecule has 0 radical (unpaired) electrons. The Morgan fingerprint density at radius 2 is 2.11 bits per heavy atom. The van der Waals surface area contributed by atoms with Crippen molar-refractivity contribution in [3.8, 4) is 0 Å². The second kappa shape index (κ2) is 6.21. The van der Waals surface area contributed by atoms with Gasteiger partial charge in [-0.2, -0.15) is 0 Å². The van der Waals surface area contributed by atoms with E-state index < -0.39 is 11.9 Å². The summed E-state index contributed by atoms with van der Waals surface area (Å²) in [5, 5.41) is 13.1. The zero-order valence-electron chi connectivity index (χ0n) is 11.2. The van der Waals surface area contributed by atoms with Crippen molar-refractivity contribution in [3.63, 3.8) is 0 Å². The van der Waals surface area contributed by atoms with Crippen LogP contribution in [0.4, 0.5) is 4.39 Å². The van der Waals surface area contributed by atoms with Crippen molar-refractivity contribution in [1.29, 1.82) is 0 Å². The summed E-state index contributed by atoms with van der Waals surface area (Å²) in [6.07, 6.45) is -0.950. The largest absolute Gasteiger partial charge is 0.386 e. The molecule has 1 atom stereocenters. The highest BCUT2D eigenvalue weighted by Gasteiger charge is 2.12. The van der Waals surface area contributed by atoms with Crippen molar-refractivity contribution in [2.24, 2.45) is 10.7 Å². The van der Waals surface area contributed by atoms with Gasteiger partial charge in [0.25, 0.3) is 0 Å². The third-order valence-electron chi connectivity index (χ3n) is 2.21. The predicted octanol–water partition coefficient (Wildman–Crippen LogP) is 2.22. The Morgan fingerprint density at radius 3 is 2.63 bits per heavy atom. The van der Waals surface area contributed by atoms with Crippen molar-refractivity contribution in [3.05, 3.63) is 34.6 Å². The Hall–Kier alpha value is -1.33. The average Bonchev–Trinajstić information content (AvgIpc) is 2.22. The molecule has 19 heavy (non-hydrogen) atoms. The first-order chi connectivity index (χ1) is 8.67. The molecule has 6 heteroatoms. The monoisotopic (exact) mass is 287 g/mol. The minimum atomic E-state index is -0.950. The average molecular weight is 288 g/mol. The maximum absolute atomic E-state index is 13.1. The molecule has 0 aliphatic rings. The number of benzene rings is 1. The van der Waals surface area contributed by atoms with Crippen LogP contribution in [0.2, 0.25) is 5.02 Å². The normalized spacial score (nSPS) is 14.3. The maximum Gasteiger partial charge on any atom is 0.189 e. The Balaban J connectivity index is 2.69. The van der Waals surface area contributed by atoms with E-state index in [0.717, 1.165) is 0 Å². The van der Waals surface area contributed by atoms with E-state index in [1.165, 1.54) is 18.2 Å². The van der Waals surface area contributed by atoms with Crippen molar-refractivity contribution < 1.29 is 9.50 Å². The number of nitrogens with two attached hydrogens (primary N) is 1. The first-order valence-electron chi connectivity index (χ1n) is 5.89. The van der Waals surface area contributed by atoms with Gasteiger partial charge in [-0.05, 0) is 44.5 Å². The lowest BCUT2D eigenvalue weighted by Crippen LogP contribution is -2.45. The minimum Gasteiger partial charge on any atom is -0.386 e. The van der Waals surface area contributed by atoms with Crippen molar-refractivity contribution in [2.45, 2.75) is 32.4 Å². The van der Waals surface area contributed by atoms with Gasteiger partial charge in [-0.15, -0.1) is 0 Å². The Morgan fingerprint density at radius 1 is 1.47 bits per heavy atom. The van der Waals surface area contributed by atoms with Gasteiger partial charge in [0.1, 0.15) is 5.82 Å². The Labute approximate surface area is 117 Å². The number of nitrogens with one attached hydrogen (secondary N) is 1. The fourth-order valence-electron chi connectivity index (χ4n) is 1.48. The molecule has 0 saturated carbocycles. The van der Waals surface area contributed by atoms with Crippen LogP contribution in [0.3, 0.4) is 0 Å². The number of halogens is 2. The first kappa shape index (κ1) is 15.7. The van der Waals surface area contributed by atoms with Gasteiger partial charge in [0.05, 0.1) is 12.6 Å². The van der Waals surface area contributed by atoms with E-state index in [0.29, 0.717) is 5.56 Å². The molecular formula is C13H19ClFN3O. The quantitative estimate of drug-likeness (QED) is 0.590. The molecule has 1 rings (SSSR count). The van der Waals surface area contributed by atoms with Crippen LogP contribution in [0.25, 0.3) is 0 Å². The SMILES string of the molecule is CC(C)(C)NC(N)=NCC(O)c1cc(F)cc(Cl)c1. The van der Waals surface area contributed by atoms with Crippen LogP contribution in [0.1, 0.15) is 32.4 Å². The molecule has 1 unspecified atom stereocenters. The number of guanidine groups is 1. The fourth-order valence-corrected chi connectivity index (χ4v) is 1.71. The topological polar surface area (TPSA) is 70.6 Å². The second-order valence-corrected chi connectivity index (χ2v) is 5.76. The molecule has 0 aromatic heterocycles. The molecule has 106 valence electrons. The van der Waals surface area contributed by atoms with Crippen LogP contribution in [0.15, 0.2) is 23.2 Å². The molecule has 0 heterocycles. The molecule has 1 aromatic rings. The zero-order chi connectivity index (χ0) is 14.6. The molecule has 0 spiro atoms. The third-order valence-corrected chi connectivity index (χ3v) is 2.43. The maximum atomic E-state index is 13.1. The van der Waals surface area contributed by atoms with Gasteiger partial charge < -0.3 is 16.2 Å². The van der Waals surface area contributed by atoms with Gasteiger partial charge >= 0.3 is 0 Å². The number of rotatable bonds is 3. The van der Waals surface area contributed by atoms with E-state index >= 15 is 0 Å². The number of hydrogen-bond acceptors (Lipinski definition) is 2. The van der Waals surface area contributed by atoms with E-state index in [4.69, 9.17) is 17.3 Å². The Kier molecular flexibility index (Phi) is 5.14. The standard InChI is InChI=1S/C13H19ClFN3O/c1-13(2,3)18-12(16)17-7-11(19)8-4-9(14)6-10(15)5-8/h4-6,11,19H,7H2,1-3H3,(H3,16,17,18). The first-order valence-corrected chi connectivity index (χ1v) is 6.27. The van der Waals surface area contributed by atoms with Gasteiger partial charge in [0.2, 0.25) is 0 Å².